The minimum atomic E-state index is 0. The fourth-order valence-corrected chi connectivity index (χ4v) is 3.94. The van der Waals surface area contributed by atoms with Crippen LogP contribution in [0.25, 0.3) is 0 Å². The van der Waals surface area contributed by atoms with E-state index in [0.29, 0.717) is 5.92 Å². The van der Waals surface area contributed by atoms with Gasteiger partial charge < -0.3 is 10.6 Å². The fraction of sp³-hybridized carbons (Fsp3) is 0.750. The maximum Gasteiger partial charge on any atom is 0.237 e. The Morgan fingerprint density at radius 3 is 2.83 bits per heavy atom. The van der Waals surface area contributed by atoms with Crippen LogP contribution in [0.1, 0.15) is 36.4 Å². The summed E-state index contributed by atoms with van der Waals surface area (Å²) in [6, 6.07) is 0.0491. The molecule has 7 heteroatoms. The molecule has 0 aromatic carbocycles. The highest BCUT2D eigenvalue weighted by molar-refractivity contribution is 7.09. The molecule has 5 nitrogen and oxygen atoms in total. The van der Waals surface area contributed by atoms with Crippen molar-refractivity contribution in [1.82, 2.24) is 20.5 Å². The Hall–Kier alpha value is -0.690. The molecule has 0 radical (unpaired) electrons. The fourth-order valence-electron chi connectivity index (χ4n) is 3.34. The van der Waals surface area contributed by atoms with E-state index in [1.165, 1.54) is 18.5 Å². The quantitative estimate of drug-likeness (QED) is 0.844. The van der Waals surface area contributed by atoms with Gasteiger partial charge in [-0.15, -0.1) is 23.7 Å². The van der Waals surface area contributed by atoms with E-state index >= 15 is 0 Å². The van der Waals surface area contributed by atoms with Crippen molar-refractivity contribution >= 4 is 29.7 Å². The Morgan fingerprint density at radius 1 is 1.43 bits per heavy atom. The minimum absolute atomic E-state index is 0. The van der Waals surface area contributed by atoms with Gasteiger partial charge >= 0.3 is 0 Å². The van der Waals surface area contributed by atoms with Crippen LogP contribution in [0.4, 0.5) is 0 Å². The number of carbonyl (C=O) groups excluding carboxylic acids is 1. The maximum absolute atomic E-state index is 12.0. The summed E-state index contributed by atoms with van der Waals surface area (Å²) in [6.45, 7) is 7.06. The van der Waals surface area contributed by atoms with Crippen LogP contribution >= 0.6 is 23.7 Å². The summed E-state index contributed by atoms with van der Waals surface area (Å²) >= 11 is 1.73. The van der Waals surface area contributed by atoms with Crippen molar-refractivity contribution in [1.29, 1.82) is 0 Å². The van der Waals surface area contributed by atoms with E-state index in [2.05, 4.69) is 32.8 Å². The molecule has 0 saturated carbocycles. The zero-order valence-electron chi connectivity index (χ0n) is 13.7. The van der Waals surface area contributed by atoms with Crippen molar-refractivity contribution in [3.05, 3.63) is 16.1 Å². The number of piperidine rings is 1. The molecule has 0 bridgehead atoms. The average Bonchev–Trinajstić information content (AvgIpc) is 3.18. The second-order valence-electron chi connectivity index (χ2n) is 6.47. The number of hydrogen-bond donors (Lipinski definition) is 2. The average molecular weight is 359 g/mol. The predicted octanol–water partition coefficient (Wildman–Crippen LogP) is 1.95. The standard InChI is InChI=1S/C16H26N4OS.ClH/c1-12-19-14(11-22-12)10-20-7-4-13(5-8-20)9-18-16(21)15-3-2-6-17-15;/h11,13,15,17H,2-10H2,1H3,(H,18,21);1H. The molecule has 2 N–H and O–H groups in total. The third kappa shape index (κ3) is 5.41. The summed E-state index contributed by atoms with van der Waals surface area (Å²) in [4.78, 5) is 19.0. The first-order valence-electron chi connectivity index (χ1n) is 8.35. The van der Waals surface area contributed by atoms with Gasteiger partial charge in [-0.2, -0.15) is 0 Å². The molecule has 0 aliphatic carbocycles. The number of rotatable bonds is 5. The molecule has 1 atom stereocenters. The second kappa shape index (κ2) is 8.97. The van der Waals surface area contributed by atoms with E-state index in [9.17, 15) is 4.79 Å². The van der Waals surface area contributed by atoms with Gasteiger partial charge in [0.25, 0.3) is 0 Å². The summed E-state index contributed by atoms with van der Waals surface area (Å²) in [7, 11) is 0. The summed E-state index contributed by atoms with van der Waals surface area (Å²) < 4.78 is 0. The SMILES string of the molecule is Cc1nc(CN2CCC(CNC(=O)C3CCCN3)CC2)cs1.Cl. The molecule has 2 saturated heterocycles. The van der Waals surface area contributed by atoms with Crippen molar-refractivity contribution in [3.8, 4) is 0 Å². The van der Waals surface area contributed by atoms with Gasteiger partial charge in [0, 0.05) is 18.5 Å². The van der Waals surface area contributed by atoms with E-state index in [1.807, 2.05) is 0 Å². The second-order valence-corrected chi connectivity index (χ2v) is 7.53. The van der Waals surface area contributed by atoms with Gasteiger partial charge in [-0.25, -0.2) is 4.98 Å². The zero-order chi connectivity index (χ0) is 15.4. The summed E-state index contributed by atoms with van der Waals surface area (Å²) in [5.41, 5.74) is 1.20. The zero-order valence-corrected chi connectivity index (χ0v) is 15.3. The van der Waals surface area contributed by atoms with Gasteiger partial charge in [0.15, 0.2) is 0 Å². The highest BCUT2D eigenvalue weighted by atomic mass is 35.5. The van der Waals surface area contributed by atoms with Crippen molar-refractivity contribution in [3.63, 3.8) is 0 Å². The molecule has 0 spiro atoms. The van der Waals surface area contributed by atoms with E-state index in [1.54, 1.807) is 11.3 Å². The first-order chi connectivity index (χ1) is 10.7. The van der Waals surface area contributed by atoms with Crippen molar-refractivity contribution in [2.24, 2.45) is 5.92 Å². The molecule has 23 heavy (non-hydrogen) atoms. The van der Waals surface area contributed by atoms with Crippen LogP contribution in [0.2, 0.25) is 0 Å². The number of amides is 1. The Balaban J connectivity index is 0.00000192. The van der Waals surface area contributed by atoms with Gasteiger partial charge in [0.2, 0.25) is 5.91 Å². The lowest BCUT2D eigenvalue weighted by molar-refractivity contribution is -0.123. The Morgan fingerprint density at radius 2 is 2.22 bits per heavy atom. The van der Waals surface area contributed by atoms with Crippen molar-refractivity contribution in [2.45, 2.75) is 45.2 Å². The van der Waals surface area contributed by atoms with E-state index < -0.39 is 0 Å². The highest BCUT2D eigenvalue weighted by Gasteiger charge is 2.24. The highest BCUT2D eigenvalue weighted by Crippen LogP contribution is 2.19. The summed E-state index contributed by atoms with van der Waals surface area (Å²) in [5, 5.41) is 9.70. The Labute approximate surface area is 148 Å². The molecule has 1 aromatic heterocycles. The van der Waals surface area contributed by atoms with Crippen LogP contribution in [0.3, 0.4) is 0 Å². The number of aryl methyl sites for hydroxylation is 1. The number of hydrogen-bond acceptors (Lipinski definition) is 5. The van der Waals surface area contributed by atoms with Crippen molar-refractivity contribution < 1.29 is 4.79 Å². The van der Waals surface area contributed by atoms with Gasteiger partial charge in [0.1, 0.15) is 0 Å². The number of thiazole rings is 1. The van der Waals surface area contributed by atoms with Gasteiger partial charge in [-0.05, 0) is 58.2 Å². The first kappa shape index (κ1) is 18.6. The molecule has 1 amide bonds. The number of nitrogens with one attached hydrogen (secondary N) is 2. The molecule has 2 fully saturated rings. The van der Waals surface area contributed by atoms with Crippen LogP contribution in [0.15, 0.2) is 5.38 Å². The number of carbonyl (C=O) groups is 1. The topological polar surface area (TPSA) is 57.3 Å². The van der Waals surface area contributed by atoms with Crippen LogP contribution < -0.4 is 10.6 Å². The molecule has 3 heterocycles. The molecule has 130 valence electrons. The van der Waals surface area contributed by atoms with Gasteiger partial charge in [-0.1, -0.05) is 0 Å². The third-order valence-corrected chi connectivity index (χ3v) is 5.52. The number of aromatic nitrogens is 1. The van der Waals surface area contributed by atoms with Crippen molar-refractivity contribution in [2.75, 3.05) is 26.2 Å². The van der Waals surface area contributed by atoms with E-state index in [-0.39, 0.29) is 24.4 Å². The number of likely N-dealkylation sites (tertiary alicyclic amines) is 1. The van der Waals surface area contributed by atoms with Crippen LogP contribution in [0, 0.1) is 12.8 Å². The lowest BCUT2D eigenvalue weighted by Gasteiger charge is -2.31. The van der Waals surface area contributed by atoms with Crippen LogP contribution in [0.5, 0.6) is 0 Å². The van der Waals surface area contributed by atoms with Gasteiger partial charge in [0.05, 0.1) is 16.7 Å². The van der Waals surface area contributed by atoms with Gasteiger partial charge in [-0.3, -0.25) is 9.69 Å². The van der Waals surface area contributed by atoms with Crippen LogP contribution in [-0.2, 0) is 11.3 Å². The Bertz CT molecular complexity index is 496. The molecule has 3 rings (SSSR count). The molecular weight excluding hydrogens is 332 g/mol. The lowest BCUT2D eigenvalue weighted by atomic mass is 9.96. The molecule has 2 aliphatic heterocycles. The lowest BCUT2D eigenvalue weighted by Crippen LogP contribution is -2.44. The molecule has 2 aliphatic rings. The van der Waals surface area contributed by atoms with E-state index in [4.69, 9.17) is 0 Å². The number of nitrogens with zero attached hydrogens (tertiary/aromatic N) is 2. The summed E-state index contributed by atoms with van der Waals surface area (Å²) in [5.74, 6) is 0.816. The monoisotopic (exact) mass is 358 g/mol. The summed E-state index contributed by atoms with van der Waals surface area (Å²) in [6.07, 6.45) is 4.44. The number of halogens is 1. The van der Waals surface area contributed by atoms with Crippen LogP contribution in [-0.4, -0.2) is 48.0 Å². The Kier molecular flexibility index (Phi) is 7.27. The maximum atomic E-state index is 12.0. The normalized spacial score (nSPS) is 22.7. The largest absolute Gasteiger partial charge is 0.354 e. The molecule has 1 aromatic rings. The minimum Gasteiger partial charge on any atom is -0.354 e. The van der Waals surface area contributed by atoms with E-state index in [0.717, 1.165) is 50.6 Å². The molecular formula is C16H27ClN4OS. The predicted molar refractivity (Wildman–Crippen MR) is 96.1 cm³/mol. The third-order valence-electron chi connectivity index (χ3n) is 4.70. The smallest absolute Gasteiger partial charge is 0.237 e. The first-order valence-corrected chi connectivity index (χ1v) is 9.23. The molecule has 1 unspecified atom stereocenters.